The number of ether oxygens (including phenoxy) is 2. The van der Waals surface area contributed by atoms with E-state index in [4.69, 9.17) is 9.47 Å². The molecule has 0 aliphatic carbocycles. The van der Waals surface area contributed by atoms with Gasteiger partial charge >= 0.3 is 0 Å². The van der Waals surface area contributed by atoms with Gasteiger partial charge in [0.1, 0.15) is 19.0 Å². The van der Waals surface area contributed by atoms with Crippen LogP contribution < -0.4 is 9.47 Å². The molecule has 7 heteroatoms. The van der Waals surface area contributed by atoms with Crippen LogP contribution in [-0.4, -0.2) is 67.0 Å². The molecule has 1 N–H and O–H groups in total. The van der Waals surface area contributed by atoms with Gasteiger partial charge in [-0.3, -0.25) is 9.59 Å². The molecule has 1 saturated heterocycles. The van der Waals surface area contributed by atoms with E-state index < -0.39 is 17.7 Å². The van der Waals surface area contributed by atoms with Crippen molar-refractivity contribution in [3.63, 3.8) is 0 Å². The number of carbonyl (C=O) groups excluding carboxylic acids is 2. The molecule has 0 bridgehead atoms. The lowest BCUT2D eigenvalue weighted by Gasteiger charge is -2.27. The van der Waals surface area contributed by atoms with Crippen molar-refractivity contribution in [2.75, 3.05) is 40.4 Å². The number of likely N-dealkylation sites (tertiary alicyclic amines) is 1. The smallest absolute Gasteiger partial charge is 0.295 e. The maximum atomic E-state index is 13.3. The van der Waals surface area contributed by atoms with E-state index in [1.54, 1.807) is 23.1 Å². The van der Waals surface area contributed by atoms with Gasteiger partial charge in [-0.25, -0.2) is 0 Å². The molecule has 4 rings (SSSR count). The molecule has 0 radical (unpaired) electrons. The van der Waals surface area contributed by atoms with E-state index in [-0.39, 0.29) is 16.7 Å². The number of ketones is 1. The van der Waals surface area contributed by atoms with Gasteiger partial charge in [-0.1, -0.05) is 45.0 Å². The van der Waals surface area contributed by atoms with Crippen LogP contribution in [0.25, 0.3) is 5.76 Å². The summed E-state index contributed by atoms with van der Waals surface area (Å²) in [6, 6.07) is 12.3. The second-order valence-electron chi connectivity index (χ2n) is 10.4. The quantitative estimate of drug-likeness (QED) is 0.382. The van der Waals surface area contributed by atoms with Gasteiger partial charge in [0, 0.05) is 12.1 Å². The zero-order valence-corrected chi connectivity index (χ0v) is 21.1. The standard InChI is InChI=1S/C28H34N2O5/c1-28(2,3)20-10-7-18(8-11-20)24-23(26(32)27(33)30(24)14-6-13-29(4)5)25(31)19-9-12-21-22(17-19)35-16-15-34-21/h7-12,17,24,31H,6,13-16H2,1-5H3/t24-/m0/s1. The zero-order chi connectivity index (χ0) is 25.3. The first-order chi connectivity index (χ1) is 16.6. The average molecular weight is 479 g/mol. The SMILES string of the molecule is CN(C)CCCN1C(=O)C(=O)C(=C(O)c2ccc3c(c2)OCCO3)[C@@H]1c1ccc(C(C)(C)C)cc1. The molecule has 2 aliphatic heterocycles. The molecule has 2 aromatic carbocycles. The molecular formula is C28H34N2O5. The number of Topliss-reactive ketones (excluding diaryl/α,β-unsaturated/α-hetero) is 1. The van der Waals surface area contributed by atoms with Crippen molar-refractivity contribution in [2.45, 2.75) is 38.6 Å². The summed E-state index contributed by atoms with van der Waals surface area (Å²) >= 11 is 0. The van der Waals surface area contributed by atoms with Gasteiger partial charge in [-0.15, -0.1) is 0 Å². The Morgan fingerprint density at radius 3 is 2.31 bits per heavy atom. The van der Waals surface area contributed by atoms with E-state index in [1.165, 1.54) is 0 Å². The monoisotopic (exact) mass is 478 g/mol. The van der Waals surface area contributed by atoms with Gasteiger partial charge in [0.15, 0.2) is 11.5 Å². The zero-order valence-electron chi connectivity index (χ0n) is 21.1. The van der Waals surface area contributed by atoms with Crippen LogP contribution in [-0.2, 0) is 15.0 Å². The minimum Gasteiger partial charge on any atom is -0.507 e. The second-order valence-corrected chi connectivity index (χ2v) is 10.4. The number of fused-ring (bicyclic) bond motifs is 1. The highest BCUT2D eigenvalue weighted by atomic mass is 16.6. The first-order valence-electron chi connectivity index (χ1n) is 12.0. The van der Waals surface area contributed by atoms with Crippen molar-refractivity contribution in [1.29, 1.82) is 0 Å². The minimum atomic E-state index is -0.674. The summed E-state index contributed by atoms with van der Waals surface area (Å²) in [4.78, 5) is 30.0. The largest absolute Gasteiger partial charge is 0.507 e. The van der Waals surface area contributed by atoms with E-state index in [9.17, 15) is 14.7 Å². The highest BCUT2D eigenvalue weighted by Gasteiger charge is 2.46. The number of carbonyl (C=O) groups is 2. The molecule has 1 fully saturated rings. The van der Waals surface area contributed by atoms with Gasteiger partial charge < -0.3 is 24.4 Å². The lowest BCUT2D eigenvalue weighted by atomic mass is 9.85. The third-order valence-corrected chi connectivity index (χ3v) is 6.45. The number of amides is 1. The highest BCUT2D eigenvalue weighted by molar-refractivity contribution is 6.46. The van der Waals surface area contributed by atoms with Crippen LogP contribution in [0.5, 0.6) is 11.5 Å². The fourth-order valence-electron chi connectivity index (χ4n) is 4.53. The second kappa shape index (κ2) is 9.74. The Balaban J connectivity index is 1.78. The predicted octanol–water partition coefficient (Wildman–Crippen LogP) is 4.13. The number of benzene rings is 2. The molecule has 0 aromatic heterocycles. The van der Waals surface area contributed by atoms with Crippen molar-refractivity contribution < 1.29 is 24.2 Å². The number of rotatable bonds is 6. The molecule has 0 spiro atoms. The first-order valence-corrected chi connectivity index (χ1v) is 12.0. The summed E-state index contributed by atoms with van der Waals surface area (Å²) in [6.07, 6.45) is 0.709. The molecule has 1 amide bonds. The summed E-state index contributed by atoms with van der Waals surface area (Å²) in [5.74, 6) is -0.377. The molecule has 0 unspecified atom stereocenters. The van der Waals surface area contributed by atoms with Crippen molar-refractivity contribution in [3.05, 3.63) is 64.7 Å². The Hall–Kier alpha value is -3.32. The number of aliphatic hydroxyl groups excluding tert-OH is 1. The molecule has 2 aromatic rings. The molecule has 35 heavy (non-hydrogen) atoms. The normalized spacial score (nSPS) is 19.5. The topological polar surface area (TPSA) is 79.3 Å². The minimum absolute atomic E-state index is 0.0305. The van der Waals surface area contributed by atoms with Gasteiger partial charge in [-0.05, 0) is 61.8 Å². The van der Waals surface area contributed by atoms with Crippen LogP contribution in [0.15, 0.2) is 48.0 Å². The lowest BCUT2D eigenvalue weighted by Crippen LogP contribution is -2.32. The molecule has 7 nitrogen and oxygen atoms in total. The fraction of sp³-hybridized carbons (Fsp3) is 0.429. The summed E-state index contributed by atoms with van der Waals surface area (Å²) in [5, 5.41) is 11.3. The van der Waals surface area contributed by atoms with Gasteiger partial charge in [-0.2, -0.15) is 0 Å². The molecule has 2 aliphatic rings. The Kier molecular flexibility index (Phi) is 6.90. The summed E-state index contributed by atoms with van der Waals surface area (Å²) in [6.45, 7) is 8.47. The van der Waals surface area contributed by atoms with E-state index in [0.717, 1.165) is 17.7 Å². The molecular weight excluding hydrogens is 444 g/mol. The van der Waals surface area contributed by atoms with Gasteiger partial charge in [0.2, 0.25) is 0 Å². The highest BCUT2D eigenvalue weighted by Crippen LogP contribution is 2.41. The lowest BCUT2D eigenvalue weighted by molar-refractivity contribution is -0.139. The average Bonchev–Trinajstić information content (AvgIpc) is 3.07. The Morgan fingerprint density at radius 1 is 1.03 bits per heavy atom. The Labute approximate surface area is 206 Å². The van der Waals surface area contributed by atoms with Crippen LogP contribution in [0.2, 0.25) is 0 Å². The molecule has 1 atom stereocenters. The third kappa shape index (κ3) is 5.05. The van der Waals surface area contributed by atoms with Crippen LogP contribution in [0, 0.1) is 0 Å². The van der Waals surface area contributed by atoms with Crippen molar-refractivity contribution in [3.8, 4) is 11.5 Å². The predicted molar refractivity (Wildman–Crippen MR) is 135 cm³/mol. The number of hydrogen-bond acceptors (Lipinski definition) is 6. The number of nitrogens with zero attached hydrogens (tertiary/aromatic N) is 2. The van der Waals surface area contributed by atoms with Crippen LogP contribution in [0.1, 0.15) is 49.9 Å². The van der Waals surface area contributed by atoms with Crippen LogP contribution >= 0.6 is 0 Å². The molecule has 2 heterocycles. The molecule has 0 saturated carbocycles. The van der Waals surface area contributed by atoms with E-state index in [2.05, 4.69) is 20.8 Å². The Bertz CT molecular complexity index is 1140. The van der Waals surface area contributed by atoms with Gasteiger partial charge in [0.05, 0.1) is 11.6 Å². The summed E-state index contributed by atoms with van der Waals surface area (Å²) in [7, 11) is 3.94. The first kappa shape index (κ1) is 24.8. The van der Waals surface area contributed by atoms with Gasteiger partial charge in [0.25, 0.3) is 11.7 Å². The maximum Gasteiger partial charge on any atom is 0.295 e. The van der Waals surface area contributed by atoms with Crippen molar-refractivity contribution in [2.24, 2.45) is 0 Å². The summed E-state index contributed by atoms with van der Waals surface area (Å²) in [5.41, 5.74) is 2.42. The maximum absolute atomic E-state index is 13.3. The molecule has 186 valence electrons. The number of aliphatic hydroxyl groups is 1. The number of hydrogen-bond donors (Lipinski definition) is 1. The van der Waals surface area contributed by atoms with Crippen molar-refractivity contribution >= 4 is 17.4 Å². The fourth-order valence-corrected chi connectivity index (χ4v) is 4.53. The van der Waals surface area contributed by atoms with E-state index in [1.807, 2.05) is 43.3 Å². The van der Waals surface area contributed by atoms with E-state index in [0.29, 0.717) is 43.2 Å². The van der Waals surface area contributed by atoms with E-state index >= 15 is 0 Å². The van der Waals surface area contributed by atoms with Crippen LogP contribution in [0.3, 0.4) is 0 Å². The Morgan fingerprint density at radius 2 is 1.69 bits per heavy atom. The van der Waals surface area contributed by atoms with Crippen molar-refractivity contribution in [1.82, 2.24) is 9.80 Å². The van der Waals surface area contributed by atoms with Crippen LogP contribution in [0.4, 0.5) is 0 Å². The summed E-state index contributed by atoms with van der Waals surface area (Å²) < 4.78 is 11.2. The third-order valence-electron chi connectivity index (χ3n) is 6.45.